The maximum absolute atomic E-state index is 11.9. The van der Waals surface area contributed by atoms with Crippen LogP contribution in [-0.2, 0) is 9.59 Å². The zero-order valence-electron chi connectivity index (χ0n) is 10.7. The number of nitriles is 1. The van der Waals surface area contributed by atoms with Crippen molar-refractivity contribution in [2.45, 2.75) is 31.6 Å². The highest BCUT2D eigenvalue weighted by atomic mass is 16.2. The molecule has 1 aromatic rings. The fourth-order valence-electron chi connectivity index (χ4n) is 2.25. The Balaban J connectivity index is 2.15. The van der Waals surface area contributed by atoms with Crippen LogP contribution in [0.15, 0.2) is 30.3 Å². The molecule has 0 bridgehead atoms. The van der Waals surface area contributed by atoms with Crippen LogP contribution in [0.5, 0.6) is 0 Å². The molecule has 0 aromatic heterocycles. The largest absolute Gasteiger partial charge is 0.281 e. The molecule has 1 aromatic carbocycles. The fourth-order valence-corrected chi connectivity index (χ4v) is 2.25. The summed E-state index contributed by atoms with van der Waals surface area (Å²) in [5.74, 6) is -0.760. The Labute approximate surface area is 112 Å². The Hall–Kier alpha value is -2.15. The molecule has 19 heavy (non-hydrogen) atoms. The molecule has 4 nitrogen and oxygen atoms in total. The van der Waals surface area contributed by atoms with Gasteiger partial charge in [-0.1, -0.05) is 30.3 Å². The van der Waals surface area contributed by atoms with E-state index in [-0.39, 0.29) is 18.4 Å². The second kappa shape index (κ2) is 6.14. The van der Waals surface area contributed by atoms with Crippen LogP contribution in [0, 0.1) is 11.3 Å². The molecule has 0 spiro atoms. The lowest BCUT2D eigenvalue weighted by Gasteiger charge is -2.21. The van der Waals surface area contributed by atoms with Gasteiger partial charge < -0.3 is 0 Å². The van der Waals surface area contributed by atoms with Crippen LogP contribution in [0.3, 0.4) is 0 Å². The van der Waals surface area contributed by atoms with Crippen LogP contribution in [-0.4, -0.2) is 23.3 Å². The zero-order chi connectivity index (χ0) is 13.7. The molecular weight excluding hydrogens is 240 g/mol. The van der Waals surface area contributed by atoms with Gasteiger partial charge in [-0.05, 0) is 18.4 Å². The summed E-state index contributed by atoms with van der Waals surface area (Å²) in [7, 11) is 0. The number of nitrogens with zero attached hydrogens (tertiary/aromatic N) is 2. The molecule has 1 atom stereocenters. The highest BCUT2D eigenvalue weighted by Gasteiger charge is 2.27. The molecule has 0 aliphatic carbocycles. The summed E-state index contributed by atoms with van der Waals surface area (Å²) in [6.45, 7) is 0.165. The molecule has 0 radical (unpaired) electrons. The molecule has 2 amide bonds. The number of carbonyl (C=O) groups is 2. The van der Waals surface area contributed by atoms with E-state index in [2.05, 4.69) is 6.07 Å². The van der Waals surface area contributed by atoms with Crippen LogP contribution < -0.4 is 0 Å². The van der Waals surface area contributed by atoms with E-state index < -0.39 is 5.92 Å². The molecule has 1 aliphatic rings. The molecule has 1 aliphatic heterocycles. The van der Waals surface area contributed by atoms with Gasteiger partial charge in [0.15, 0.2) is 0 Å². The summed E-state index contributed by atoms with van der Waals surface area (Å²) >= 11 is 0. The first-order valence-corrected chi connectivity index (χ1v) is 6.50. The van der Waals surface area contributed by atoms with Gasteiger partial charge in [0.1, 0.15) is 0 Å². The summed E-state index contributed by atoms with van der Waals surface area (Å²) in [5, 5.41) is 9.25. The minimum Gasteiger partial charge on any atom is -0.281 e. The number of imide groups is 1. The number of carbonyl (C=O) groups excluding carboxylic acids is 2. The molecule has 1 unspecified atom stereocenters. The average Bonchev–Trinajstić information content (AvgIpc) is 2.59. The van der Waals surface area contributed by atoms with Crippen LogP contribution in [0.2, 0.25) is 0 Å². The van der Waals surface area contributed by atoms with Gasteiger partial charge in [-0.2, -0.15) is 5.26 Å². The van der Waals surface area contributed by atoms with E-state index in [4.69, 9.17) is 0 Å². The van der Waals surface area contributed by atoms with Crippen LogP contribution in [0.25, 0.3) is 0 Å². The Bertz CT molecular complexity index is 487. The number of rotatable bonds is 3. The predicted molar refractivity (Wildman–Crippen MR) is 70.0 cm³/mol. The maximum atomic E-state index is 11.9. The van der Waals surface area contributed by atoms with Gasteiger partial charge in [0.25, 0.3) is 0 Å². The van der Waals surface area contributed by atoms with Crippen molar-refractivity contribution < 1.29 is 9.59 Å². The average molecular weight is 256 g/mol. The fraction of sp³-hybridized carbons (Fsp3) is 0.400. The first-order valence-electron chi connectivity index (χ1n) is 6.50. The minimum atomic E-state index is -0.452. The van der Waals surface area contributed by atoms with Gasteiger partial charge in [-0.3, -0.25) is 14.5 Å². The van der Waals surface area contributed by atoms with E-state index in [9.17, 15) is 14.9 Å². The molecule has 4 heteroatoms. The van der Waals surface area contributed by atoms with Gasteiger partial charge in [0, 0.05) is 19.4 Å². The first-order chi connectivity index (χ1) is 9.22. The third-order valence-corrected chi connectivity index (χ3v) is 3.36. The van der Waals surface area contributed by atoms with Crippen LogP contribution in [0.1, 0.15) is 37.2 Å². The molecule has 98 valence electrons. The topological polar surface area (TPSA) is 61.2 Å². The maximum Gasteiger partial charge on any atom is 0.229 e. The van der Waals surface area contributed by atoms with Crippen LogP contribution in [0.4, 0.5) is 0 Å². The molecular formula is C15H16N2O2. The minimum absolute atomic E-state index is 0.154. The molecule has 2 rings (SSSR count). The number of hydrogen-bond donors (Lipinski definition) is 0. The third-order valence-electron chi connectivity index (χ3n) is 3.36. The molecule has 1 saturated heterocycles. The SMILES string of the molecule is N#CC(CN1C(=O)CCCCC1=O)c1ccccc1. The standard InChI is InChI=1S/C15H16N2O2/c16-10-13(12-6-2-1-3-7-12)11-17-14(18)8-4-5-9-15(17)19/h1-3,6-7,13H,4-5,8-9,11H2. The highest BCUT2D eigenvalue weighted by molar-refractivity contribution is 5.96. The van der Waals surface area contributed by atoms with E-state index in [1.54, 1.807) is 0 Å². The summed E-state index contributed by atoms with van der Waals surface area (Å²) in [6, 6.07) is 11.5. The number of likely N-dealkylation sites (tertiary alicyclic amines) is 1. The Kier molecular flexibility index (Phi) is 4.30. The lowest BCUT2D eigenvalue weighted by Crippen LogP contribution is -2.38. The summed E-state index contributed by atoms with van der Waals surface area (Å²) in [6.07, 6.45) is 2.31. The van der Waals surface area contributed by atoms with Gasteiger partial charge in [0.2, 0.25) is 11.8 Å². The van der Waals surface area contributed by atoms with Crippen molar-refractivity contribution in [2.75, 3.05) is 6.54 Å². The monoisotopic (exact) mass is 256 g/mol. The normalized spacial score (nSPS) is 17.7. The smallest absolute Gasteiger partial charge is 0.229 e. The Morgan fingerprint density at radius 1 is 1.11 bits per heavy atom. The molecule has 1 fully saturated rings. The van der Waals surface area contributed by atoms with Gasteiger partial charge >= 0.3 is 0 Å². The van der Waals surface area contributed by atoms with Crippen molar-refractivity contribution in [3.05, 3.63) is 35.9 Å². The number of hydrogen-bond acceptors (Lipinski definition) is 3. The number of amides is 2. The van der Waals surface area contributed by atoms with E-state index in [1.807, 2.05) is 30.3 Å². The van der Waals surface area contributed by atoms with Gasteiger partial charge in [0.05, 0.1) is 12.0 Å². The van der Waals surface area contributed by atoms with E-state index in [0.29, 0.717) is 12.8 Å². The molecule has 0 saturated carbocycles. The van der Waals surface area contributed by atoms with Crippen molar-refractivity contribution in [3.8, 4) is 6.07 Å². The summed E-state index contributed by atoms with van der Waals surface area (Å²) in [4.78, 5) is 25.1. The molecule has 1 heterocycles. The number of benzene rings is 1. The quantitative estimate of drug-likeness (QED) is 0.779. The summed E-state index contributed by atoms with van der Waals surface area (Å²) in [5.41, 5.74) is 0.842. The first kappa shape index (κ1) is 13.3. The second-order valence-corrected chi connectivity index (χ2v) is 4.70. The highest BCUT2D eigenvalue weighted by Crippen LogP contribution is 2.20. The van der Waals surface area contributed by atoms with Crippen molar-refractivity contribution in [1.29, 1.82) is 5.26 Å². The zero-order valence-corrected chi connectivity index (χ0v) is 10.7. The van der Waals surface area contributed by atoms with Crippen LogP contribution >= 0.6 is 0 Å². The van der Waals surface area contributed by atoms with Crippen molar-refractivity contribution in [1.82, 2.24) is 4.90 Å². The lowest BCUT2D eigenvalue weighted by atomic mass is 10.00. The van der Waals surface area contributed by atoms with E-state index in [1.165, 1.54) is 4.90 Å². The van der Waals surface area contributed by atoms with Gasteiger partial charge in [-0.25, -0.2) is 0 Å². The Morgan fingerprint density at radius 2 is 1.68 bits per heavy atom. The second-order valence-electron chi connectivity index (χ2n) is 4.70. The third kappa shape index (κ3) is 3.19. The van der Waals surface area contributed by atoms with E-state index in [0.717, 1.165) is 18.4 Å². The Morgan fingerprint density at radius 3 is 2.21 bits per heavy atom. The lowest BCUT2D eigenvalue weighted by molar-refractivity contribution is -0.143. The van der Waals surface area contributed by atoms with E-state index >= 15 is 0 Å². The van der Waals surface area contributed by atoms with Crippen molar-refractivity contribution >= 4 is 11.8 Å². The van der Waals surface area contributed by atoms with Gasteiger partial charge in [-0.15, -0.1) is 0 Å². The summed E-state index contributed by atoms with van der Waals surface area (Å²) < 4.78 is 0. The molecule has 0 N–H and O–H groups in total. The van der Waals surface area contributed by atoms with Crippen molar-refractivity contribution in [2.24, 2.45) is 0 Å². The predicted octanol–water partition coefficient (Wildman–Crippen LogP) is 2.22. The van der Waals surface area contributed by atoms with Crippen molar-refractivity contribution in [3.63, 3.8) is 0 Å².